The van der Waals surface area contributed by atoms with Gasteiger partial charge in [0.15, 0.2) is 0 Å². The molecule has 136 valence electrons. The molecule has 2 heteroatoms. The molecule has 0 radical (unpaired) electrons. The monoisotopic (exact) mass is 322 g/mol. The summed E-state index contributed by atoms with van der Waals surface area (Å²) in [5.74, 6) is 4.78. The molecule has 0 bridgehead atoms. The summed E-state index contributed by atoms with van der Waals surface area (Å²) in [6, 6.07) is 0.881. The van der Waals surface area contributed by atoms with Gasteiger partial charge in [0.25, 0.3) is 0 Å². The van der Waals surface area contributed by atoms with E-state index in [2.05, 4.69) is 27.7 Å². The second-order valence-corrected chi connectivity index (χ2v) is 8.74. The molecule has 2 saturated carbocycles. The lowest BCUT2D eigenvalue weighted by molar-refractivity contribution is 0.0905. The van der Waals surface area contributed by atoms with Crippen LogP contribution in [0.4, 0.5) is 0 Å². The van der Waals surface area contributed by atoms with Crippen LogP contribution in [0, 0.1) is 35.5 Å². The van der Waals surface area contributed by atoms with Gasteiger partial charge in [0, 0.05) is 12.1 Å². The zero-order chi connectivity index (χ0) is 17.0. The highest BCUT2D eigenvalue weighted by molar-refractivity contribution is 4.93. The Kier molecular flexibility index (Phi) is 7.41. The maximum absolute atomic E-state index is 6.70. The van der Waals surface area contributed by atoms with E-state index in [-0.39, 0.29) is 0 Å². The van der Waals surface area contributed by atoms with Crippen molar-refractivity contribution in [1.29, 1.82) is 0 Å². The predicted octanol–water partition coefficient (Wildman–Crippen LogP) is 4.96. The van der Waals surface area contributed by atoms with Gasteiger partial charge in [-0.05, 0) is 67.6 Å². The van der Waals surface area contributed by atoms with Crippen LogP contribution < -0.4 is 11.5 Å². The molecule has 0 aromatic rings. The van der Waals surface area contributed by atoms with Crippen LogP contribution in [0.15, 0.2) is 0 Å². The van der Waals surface area contributed by atoms with Gasteiger partial charge in [0.1, 0.15) is 0 Å². The first-order valence-corrected chi connectivity index (χ1v) is 10.5. The van der Waals surface area contributed by atoms with Crippen molar-refractivity contribution in [2.45, 2.75) is 97.6 Å². The lowest BCUT2D eigenvalue weighted by atomic mass is 9.63. The molecule has 0 aliphatic heterocycles. The summed E-state index contributed by atoms with van der Waals surface area (Å²) in [4.78, 5) is 0. The second kappa shape index (κ2) is 8.85. The van der Waals surface area contributed by atoms with Gasteiger partial charge in [-0.25, -0.2) is 0 Å². The highest BCUT2D eigenvalue weighted by Crippen LogP contribution is 2.44. The number of hydrogen-bond acceptors (Lipinski definition) is 2. The van der Waals surface area contributed by atoms with E-state index < -0.39 is 0 Å². The Morgan fingerprint density at radius 2 is 0.957 bits per heavy atom. The molecule has 0 aromatic carbocycles. The Morgan fingerprint density at radius 3 is 1.39 bits per heavy atom. The molecule has 6 unspecified atom stereocenters. The minimum Gasteiger partial charge on any atom is -0.327 e. The molecule has 2 rings (SSSR count). The van der Waals surface area contributed by atoms with Gasteiger partial charge < -0.3 is 11.5 Å². The largest absolute Gasteiger partial charge is 0.327 e. The molecule has 4 N–H and O–H groups in total. The molecular formula is C21H42N2. The van der Waals surface area contributed by atoms with Crippen molar-refractivity contribution in [1.82, 2.24) is 0 Å². The molecule has 0 saturated heterocycles. The van der Waals surface area contributed by atoms with Gasteiger partial charge in [-0.15, -0.1) is 0 Å². The quantitative estimate of drug-likeness (QED) is 0.726. The fraction of sp³-hybridized carbons (Fsp3) is 1.00. The Labute approximate surface area is 145 Å². The van der Waals surface area contributed by atoms with Gasteiger partial charge in [0.2, 0.25) is 0 Å². The third-order valence-corrected chi connectivity index (χ3v) is 7.51. The molecule has 23 heavy (non-hydrogen) atoms. The topological polar surface area (TPSA) is 52.0 Å². The van der Waals surface area contributed by atoms with Crippen LogP contribution in [-0.4, -0.2) is 12.1 Å². The van der Waals surface area contributed by atoms with Crippen LogP contribution in [0.5, 0.6) is 0 Å². The smallest absolute Gasteiger partial charge is 0.00958 e. The van der Waals surface area contributed by atoms with E-state index in [1.807, 2.05) is 0 Å². The van der Waals surface area contributed by atoms with Crippen molar-refractivity contribution >= 4 is 0 Å². The van der Waals surface area contributed by atoms with E-state index in [9.17, 15) is 0 Å². The summed E-state index contributed by atoms with van der Waals surface area (Å²) >= 11 is 0. The van der Waals surface area contributed by atoms with Crippen molar-refractivity contribution in [2.24, 2.45) is 47.0 Å². The molecule has 0 amide bonds. The van der Waals surface area contributed by atoms with Crippen LogP contribution in [0.25, 0.3) is 0 Å². The van der Waals surface area contributed by atoms with Crippen molar-refractivity contribution in [3.8, 4) is 0 Å². The maximum atomic E-state index is 6.70. The van der Waals surface area contributed by atoms with E-state index in [0.717, 1.165) is 35.5 Å². The van der Waals surface area contributed by atoms with E-state index in [1.165, 1.54) is 57.8 Å². The van der Waals surface area contributed by atoms with Gasteiger partial charge in [-0.1, -0.05) is 53.4 Å². The van der Waals surface area contributed by atoms with Crippen LogP contribution in [0.1, 0.15) is 85.5 Å². The van der Waals surface area contributed by atoms with E-state index in [4.69, 9.17) is 11.5 Å². The minimum atomic E-state index is 0.438. The van der Waals surface area contributed by atoms with Crippen LogP contribution in [0.2, 0.25) is 0 Å². The summed E-state index contributed by atoms with van der Waals surface area (Å²) < 4.78 is 0. The SMILES string of the molecule is CCC1CC(CC)C(N)C(CC2CC(CC)C(N)C(CC)C2)C1. The molecule has 2 fully saturated rings. The zero-order valence-corrected chi connectivity index (χ0v) is 16.1. The van der Waals surface area contributed by atoms with Crippen LogP contribution in [0.3, 0.4) is 0 Å². The van der Waals surface area contributed by atoms with Crippen molar-refractivity contribution in [2.75, 3.05) is 0 Å². The number of nitrogens with two attached hydrogens (primary N) is 2. The summed E-state index contributed by atoms with van der Waals surface area (Å²) in [5.41, 5.74) is 13.2. The average Bonchev–Trinajstić information content (AvgIpc) is 2.57. The van der Waals surface area contributed by atoms with Crippen molar-refractivity contribution < 1.29 is 0 Å². The maximum Gasteiger partial charge on any atom is 0.00958 e. The summed E-state index contributed by atoms with van der Waals surface area (Å²) in [5, 5.41) is 0. The van der Waals surface area contributed by atoms with Gasteiger partial charge >= 0.3 is 0 Å². The minimum absolute atomic E-state index is 0.438. The van der Waals surface area contributed by atoms with Crippen molar-refractivity contribution in [3.05, 3.63) is 0 Å². The molecule has 0 spiro atoms. The third-order valence-electron chi connectivity index (χ3n) is 7.51. The van der Waals surface area contributed by atoms with Crippen LogP contribution in [-0.2, 0) is 0 Å². The number of rotatable bonds is 6. The molecule has 2 nitrogen and oxygen atoms in total. The molecule has 0 aromatic heterocycles. The summed E-state index contributed by atoms with van der Waals surface area (Å²) in [6.07, 6.45) is 11.9. The fourth-order valence-corrected chi connectivity index (χ4v) is 5.83. The van der Waals surface area contributed by atoms with E-state index in [0.29, 0.717) is 12.1 Å². The Hall–Kier alpha value is -0.0800. The lowest BCUT2D eigenvalue weighted by Gasteiger charge is -2.45. The second-order valence-electron chi connectivity index (χ2n) is 8.74. The number of hydrogen-bond donors (Lipinski definition) is 2. The van der Waals surface area contributed by atoms with Crippen LogP contribution >= 0.6 is 0 Å². The standard InChI is InChI=1S/C21H42N2/c1-5-14-9-16(6-2)21(23)19(10-14)13-15-11-17(7-3)20(22)18(8-4)12-15/h14-21H,5-13,22-23H2,1-4H3. The Bertz CT molecular complexity index is 329. The first-order chi connectivity index (χ1) is 11.0. The highest BCUT2D eigenvalue weighted by atomic mass is 14.7. The molecule has 2 aliphatic carbocycles. The fourth-order valence-electron chi connectivity index (χ4n) is 5.83. The lowest BCUT2D eigenvalue weighted by Crippen LogP contribution is -2.46. The van der Waals surface area contributed by atoms with Gasteiger partial charge in [0.05, 0.1) is 0 Å². The van der Waals surface area contributed by atoms with Crippen molar-refractivity contribution in [3.63, 3.8) is 0 Å². The van der Waals surface area contributed by atoms with Gasteiger partial charge in [-0.2, -0.15) is 0 Å². The average molecular weight is 323 g/mol. The molecule has 6 atom stereocenters. The molecule has 2 aliphatic rings. The van der Waals surface area contributed by atoms with Gasteiger partial charge in [-0.3, -0.25) is 0 Å². The molecule has 0 heterocycles. The van der Waals surface area contributed by atoms with E-state index >= 15 is 0 Å². The third kappa shape index (κ3) is 4.51. The van der Waals surface area contributed by atoms with E-state index in [1.54, 1.807) is 0 Å². The zero-order valence-electron chi connectivity index (χ0n) is 16.1. The Morgan fingerprint density at radius 1 is 0.565 bits per heavy atom. The summed E-state index contributed by atoms with van der Waals surface area (Å²) in [7, 11) is 0. The highest BCUT2D eigenvalue weighted by Gasteiger charge is 2.39. The predicted molar refractivity (Wildman–Crippen MR) is 101 cm³/mol. The normalized spacial score (nSPS) is 45.1. The Balaban J connectivity index is 2.01. The first kappa shape index (κ1) is 19.2. The summed E-state index contributed by atoms with van der Waals surface area (Å²) in [6.45, 7) is 9.35. The molecular weight excluding hydrogens is 280 g/mol. The first-order valence-electron chi connectivity index (χ1n) is 10.5.